The van der Waals surface area contributed by atoms with E-state index in [1.807, 2.05) is 19.1 Å². The number of amides is 2. The minimum atomic E-state index is -0.519. The molecule has 200 valence electrons. The lowest BCUT2D eigenvalue weighted by Crippen LogP contribution is -2.46. The lowest BCUT2D eigenvalue weighted by Gasteiger charge is -2.36. The van der Waals surface area contributed by atoms with Gasteiger partial charge in [0.05, 0.1) is 5.41 Å². The van der Waals surface area contributed by atoms with E-state index in [-0.39, 0.29) is 17.6 Å². The van der Waals surface area contributed by atoms with E-state index < -0.39 is 5.41 Å². The van der Waals surface area contributed by atoms with Crippen molar-refractivity contribution in [1.82, 2.24) is 10.2 Å². The molecule has 2 amide bonds. The zero-order valence-electron chi connectivity index (χ0n) is 22.2. The Labute approximate surface area is 221 Å². The molecule has 0 aromatic heterocycles. The van der Waals surface area contributed by atoms with Gasteiger partial charge in [-0.05, 0) is 99.5 Å². The Hall–Kier alpha value is -2.73. The van der Waals surface area contributed by atoms with Crippen molar-refractivity contribution in [2.45, 2.75) is 82.5 Å². The zero-order valence-corrected chi connectivity index (χ0v) is 22.2. The normalized spacial score (nSPS) is 18.3. The van der Waals surface area contributed by atoms with Crippen molar-refractivity contribution in [1.29, 1.82) is 0 Å². The van der Waals surface area contributed by atoms with Gasteiger partial charge < -0.3 is 15.5 Å². The van der Waals surface area contributed by atoms with E-state index in [2.05, 4.69) is 27.7 Å². The number of benzene rings is 2. The van der Waals surface area contributed by atoms with E-state index in [0.717, 1.165) is 88.7 Å². The van der Waals surface area contributed by atoms with Gasteiger partial charge in [0.2, 0.25) is 11.8 Å². The zero-order chi connectivity index (χ0) is 26.1. The van der Waals surface area contributed by atoms with Gasteiger partial charge in [0.1, 0.15) is 5.82 Å². The quantitative estimate of drug-likeness (QED) is 0.379. The van der Waals surface area contributed by atoms with E-state index in [1.165, 1.54) is 17.7 Å². The SMILES string of the molecule is CCCC(=O)Nc1cccc(C2CCN(CCCNC(=O)C3(c4ccc(F)cc4)CCCCC3)CC2)c1. The summed E-state index contributed by atoms with van der Waals surface area (Å²) in [6, 6.07) is 14.8. The Kier molecular flexibility index (Phi) is 9.73. The Morgan fingerprint density at radius 3 is 2.46 bits per heavy atom. The fourth-order valence-corrected chi connectivity index (χ4v) is 6.06. The van der Waals surface area contributed by atoms with Gasteiger partial charge in [0, 0.05) is 18.7 Å². The Balaban J connectivity index is 1.22. The topological polar surface area (TPSA) is 61.4 Å². The molecule has 0 spiro atoms. The van der Waals surface area contributed by atoms with Gasteiger partial charge >= 0.3 is 0 Å². The van der Waals surface area contributed by atoms with Crippen LogP contribution in [0.4, 0.5) is 10.1 Å². The van der Waals surface area contributed by atoms with Crippen molar-refractivity contribution in [2.75, 3.05) is 31.5 Å². The van der Waals surface area contributed by atoms with Crippen LogP contribution in [-0.2, 0) is 15.0 Å². The van der Waals surface area contributed by atoms with E-state index in [0.29, 0.717) is 18.9 Å². The first kappa shape index (κ1) is 27.3. The number of nitrogens with one attached hydrogen (secondary N) is 2. The molecule has 1 saturated carbocycles. The number of carbonyl (C=O) groups is 2. The third-order valence-corrected chi connectivity index (χ3v) is 8.18. The maximum atomic E-state index is 13.5. The van der Waals surface area contributed by atoms with Crippen LogP contribution in [0.2, 0.25) is 0 Å². The Bertz CT molecular complexity index is 1030. The summed E-state index contributed by atoms with van der Waals surface area (Å²) in [7, 11) is 0. The van der Waals surface area contributed by atoms with Crippen molar-refractivity contribution in [3.63, 3.8) is 0 Å². The molecule has 5 nitrogen and oxygen atoms in total. The summed E-state index contributed by atoms with van der Waals surface area (Å²) in [6.07, 6.45) is 9.43. The van der Waals surface area contributed by atoms with Gasteiger partial charge in [-0.3, -0.25) is 9.59 Å². The summed E-state index contributed by atoms with van der Waals surface area (Å²) in [5.41, 5.74) is 2.63. The van der Waals surface area contributed by atoms with Crippen LogP contribution in [-0.4, -0.2) is 42.9 Å². The van der Waals surface area contributed by atoms with E-state index in [4.69, 9.17) is 0 Å². The minimum absolute atomic E-state index is 0.0774. The van der Waals surface area contributed by atoms with Crippen LogP contribution in [0.25, 0.3) is 0 Å². The first-order valence-electron chi connectivity index (χ1n) is 14.2. The van der Waals surface area contributed by atoms with Crippen molar-refractivity contribution in [3.8, 4) is 0 Å². The first-order chi connectivity index (χ1) is 18.0. The molecule has 2 aliphatic rings. The molecular formula is C31H42FN3O2. The third-order valence-electron chi connectivity index (χ3n) is 8.18. The molecule has 4 rings (SSSR count). The highest BCUT2D eigenvalue weighted by molar-refractivity contribution is 5.90. The van der Waals surface area contributed by atoms with Crippen LogP contribution in [0.3, 0.4) is 0 Å². The lowest BCUT2D eigenvalue weighted by atomic mass is 9.68. The second kappa shape index (κ2) is 13.2. The monoisotopic (exact) mass is 507 g/mol. The summed E-state index contributed by atoms with van der Waals surface area (Å²) < 4.78 is 13.5. The van der Waals surface area contributed by atoms with Crippen LogP contribution in [0.5, 0.6) is 0 Å². The summed E-state index contributed by atoms with van der Waals surface area (Å²) in [5.74, 6) is 0.434. The maximum Gasteiger partial charge on any atom is 0.230 e. The molecular weight excluding hydrogens is 465 g/mol. The van der Waals surface area contributed by atoms with Crippen LogP contribution in [0.1, 0.15) is 88.2 Å². The average Bonchev–Trinajstić information content (AvgIpc) is 2.92. The highest BCUT2D eigenvalue weighted by Gasteiger charge is 2.40. The van der Waals surface area contributed by atoms with Crippen LogP contribution in [0, 0.1) is 5.82 Å². The molecule has 1 heterocycles. The number of hydrogen-bond donors (Lipinski definition) is 2. The van der Waals surface area contributed by atoms with Crippen molar-refractivity contribution in [3.05, 3.63) is 65.5 Å². The number of carbonyl (C=O) groups excluding carboxylic acids is 2. The van der Waals surface area contributed by atoms with Crippen molar-refractivity contribution in [2.24, 2.45) is 0 Å². The van der Waals surface area contributed by atoms with Crippen molar-refractivity contribution < 1.29 is 14.0 Å². The second-order valence-electron chi connectivity index (χ2n) is 10.8. The summed E-state index contributed by atoms with van der Waals surface area (Å²) >= 11 is 0. The van der Waals surface area contributed by atoms with E-state index >= 15 is 0 Å². The first-order valence-corrected chi connectivity index (χ1v) is 14.2. The molecule has 2 fully saturated rings. The third kappa shape index (κ3) is 7.19. The molecule has 0 unspecified atom stereocenters. The van der Waals surface area contributed by atoms with Crippen LogP contribution in [0.15, 0.2) is 48.5 Å². The van der Waals surface area contributed by atoms with Gasteiger partial charge in [-0.15, -0.1) is 0 Å². The van der Waals surface area contributed by atoms with E-state index in [9.17, 15) is 14.0 Å². The highest BCUT2D eigenvalue weighted by Crippen LogP contribution is 2.40. The number of hydrogen-bond acceptors (Lipinski definition) is 3. The van der Waals surface area contributed by atoms with E-state index in [1.54, 1.807) is 12.1 Å². The van der Waals surface area contributed by atoms with Gasteiger partial charge in [-0.1, -0.05) is 50.5 Å². The second-order valence-corrected chi connectivity index (χ2v) is 10.8. The van der Waals surface area contributed by atoms with Gasteiger partial charge in [-0.25, -0.2) is 4.39 Å². The fourth-order valence-electron chi connectivity index (χ4n) is 6.06. The molecule has 1 saturated heterocycles. The molecule has 0 bridgehead atoms. The summed E-state index contributed by atoms with van der Waals surface area (Å²) in [5, 5.41) is 6.23. The molecule has 0 radical (unpaired) electrons. The summed E-state index contributed by atoms with van der Waals surface area (Å²) in [4.78, 5) is 27.8. The molecule has 37 heavy (non-hydrogen) atoms. The molecule has 6 heteroatoms. The maximum absolute atomic E-state index is 13.5. The molecule has 2 aromatic rings. The van der Waals surface area contributed by atoms with Gasteiger partial charge in [0.15, 0.2) is 0 Å². The molecule has 2 N–H and O–H groups in total. The van der Waals surface area contributed by atoms with Crippen LogP contribution >= 0.6 is 0 Å². The number of rotatable bonds is 10. The predicted octanol–water partition coefficient (Wildman–Crippen LogP) is 6.15. The average molecular weight is 508 g/mol. The number of nitrogens with zero attached hydrogens (tertiary/aromatic N) is 1. The molecule has 2 aromatic carbocycles. The Morgan fingerprint density at radius 1 is 1.03 bits per heavy atom. The standard InChI is InChI=1S/C31H42FN3O2/c1-2-8-29(36)34-28-10-6-9-25(23-28)24-15-21-35(22-16-24)20-7-19-33-30(37)31(17-4-3-5-18-31)26-11-13-27(32)14-12-26/h6,9-14,23-24H,2-5,7-8,15-22H2,1H3,(H,33,37)(H,34,36). The Morgan fingerprint density at radius 2 is 1.76 bits per heavy atom. The predicted molar refractivity (Wildman–Crippen MR) is 147 cm³/mol. The molecule has 1 aliphatic heterocycles. The number of anilines is 1. The van der Waals surface area contributed by atoms with Crippen LogP contribution < -0.4 is 10.6 Å². The molecule has 1 aliphatic carbocycles. The highest BCUT2D eigenvalue weighted by atomic mass is 19.1. The minimum Gasteiger partial charge on any atom is -0.355 e. The number of halogens is 1. The number of likely N-dealkylation sites (tertiary alicyclic amines) is 1. The van der Waals surface area contributed by atoms with Gasteiger partial charge in [-0.2, -0.15) is 0 Å². The summed E-state index contributed by atoms with van der Waals surface area (Å²) in [6.45, 7) is 5.75. The molecule has 0 atom stereocenters. The fraction of sp³-hybridized carbons (Fsp3) is 0.548. The lowest BCUT2D eigenvalue weighted by molar-refractivity contribution is -0.128. The van der Waals surface area contributed by atoms with Gasteiger partial charge in [0.25, 0.3) is 0 Å². The smallest absolute Gasteiger partial charge is 0.230 e. The largest absolute Gasteiger partial charge is 0.355 e. The number of piperidine rings is 1. The van der Waals surface area contributed by atoms with Crippen molar-refractivity contribution >= 4 is 17.5 Å².